The Labute approximate surface area is 78.4 Å². The molecule has 0 aliphatic carbocycles. The van der Waals surface area contributed by atoms with E-state index in [0.29, 0.717) is 18.8 Å². The number of fused-ring (bicyclic) bond motifs is 1. The Kier molecular flexibility index (Phi) is 1.92. The fourth-order valence-corrected chi connectivity index (χ4v) is 1.66. The van der Waals surface area contributed by atoms with Crippen molar-refractivity contribution in [2.75, 3.05) is 6.54 Å². The van der Waals surface area contributed by atoms with Crippen LogP contribution < -0.4 is 0 Å². The molecule has 0 fully saturated rings. The molecule has 0 spiro atoms. The molecule has 1 atom stereocenters. The summed E-state index contributed by atoms with van der Waals surface area (Å²) in [5, 5.41) is 0. The van der Waals surface area contributed by atoms with Crippen molar-refractivity contribution in [1.29, 1.82) is 0 Å². The van der Waals surface area contributed by atoms with Crippen LogP contribution in [-0.4, -0.2) is 24.4 Å². The molecule has 62 valence electrons. The summed E-state index contributed by atoms with van der Waals surface area (Å²) in [6.45, 7) is 0.591. The van der Waals surface area contributed by atoms with Crippen molar-refractivity contribution >= 4 is 33.8 Å². The van der Waals surface area contributed by atoms with E-state index in [4.69, 9.17) is 0 Å². The number of dihydropyridines is 1. The van der Waals surface area contributed by atoms with Gasteiger partial charge >= 0.3 is 0 Å². The van der Waals surface area contributed by atoms with Gasteiger partial charge in [-0.2, -0.15) is 0 Å². The summed E-state index contributed by atoms with van der Waals surface area (Å²) in [5.41, 5.74) is 0. The lowest BCUT2D eigenvalue weighted by atomic mass is 9.96. The van der Waals surface area contributed by atoms with Gasteiger partial charge in [0.2, 0.25) is 0 Å². The zero-order chi connectivity index (χ0) is 8.55. The van der Waals surface area contributed by atoms with Crippen molar-refractivity contribution in [2.24, 2.45) is 15.9 Å². The molecule has 2 aliphatic rings. The number of ketones is 1. The largest absolute Gasteiger partial charge is 0.298 e. The van der Waals surface area contributed by atoms with Gasteiger partial charge in [0.05, 0.1) is 5.92 Å². The lowest BCUT2D eigenvalue weighted by molar-refractivity contribution is -0.120. The second-order valence-corrected chi connectivity index (χ2v) is 3.66. The van der Waals surface area contributed by atoms with Crippen LogP contribution in [0.15, 0.2) is 20.5 Å². The molecular weight excluding hydrogens is 220 g/mol. The van der Waals surface area contributed by atoms with Crippen molar-refractivity contribution in [3.05, 3.63) is 10.6 Å². The van der Waals surface area contributed by atoms with Gasteiger partial charge in [0, 0.05) is 23.7 Å². The number of carbonyl (C=O) groups is 1. The fourth-order valence-electron chi connectivity index (χ4n) is 1.30. The van der Waals surface area contributed by atoms with Gasteiger partial charge in [0.15, 0.2) is 0 Å². The second-order valence-electron chi connectivity index (χ2n) is 2.74. The lowest BCUT2D eigenvalue weighted by Gasteiger charge is -2.18. The lowest BCUT2D eigenvalue weighted by Crippen LogP contribution is -2.28. The van der Waals surface area contributed by atoms with Crippen LogP contribution in [0.25, 0.3) is 0 Å². The first-order chi connectivity index (χ1) is 5.77. The normalized spacial score (nSPS) is 27.8. The van der Waals surface area contributed by atoms with Gasteiger partial charge in [0.1, 0.15) is 11.6 Å². The molecule has 0 aromatic rings. The number of Topliss-reactive ketones (excluding diaryl/α,β-unsaturated/α-hetero) is 1. The highest BCUT2D eigenvalue weighted by molar-refractivity contribution is 9.12. The molecule has 4 heteroatoms. The van der Waals surface area contributed by atoms with E-state index in [-0.39, 0.29) is 11.7 Å². The number of nitrogens with zero attached hydrogens (tertiary/aromatic N) is 2. The van der Waals surface area contributed by atoms with Gasteiger partial charge in [0.25, 0.3) is 0 Å². The van der Waals surface area contributed by atoms with Crippen molar-refractivity contribution < 1.29 is 4.79 Å². The minimum Gasteiger partial charge on any atom is -0.298 e. The third kappa shape index (κ3) is 1.27. The van der Waals surface area contributed by atoms with Crippen LogP contribution in [0.2, 0.25) is 0 Å². The highest BCUT2D eigenvalue weighted by atomic mass is 79.9. The Balaban J connectivity index is 2.38. The molecule has 12 heavy (non-hydrogen) atoms. The monoisotopic (exact) mass is 226 g/mol. The summed E-state index contributed by atoms with van der Waals surface area (Å²) < 4.78 is 0.863. The van der Waals surface area contributed by atoms with Gasteiger partial charge in [-0.15, -0.1) is 0 Å². The van der Waals surface area contributed by atoms with E-state index in [1.54, 1.807) is 6.21 Å². The molecule has 0 bridgehead atoms. The minimum atomic E-state index is -0.196. The molecule has 0 radical (unpaired) electrons. The summed E-state index contributed by atoms with van der Waals surface area (Å²) >= 11 is 3.28. The van der Waals surface area contributed by atoms with E-state index in [9.17, 15) is 4.79 Å². The van der Waals surface area contributed by atoms with Crippen LogP contribution in [0.5, 0.6) is 0 Å². The summed E-state index contributed by atoms with van der Waals surface area (Å²) in [7, 11) is 0. The van der Waals surface area contributed by atoms with Gasteiger partial charge in [-0.3, -0.25) is 9.79 Å². The van der Waals surface area contributed by atoms with E-state index in [0.717, 1.165) is 4.48 Å². The Hall–Kier alpha value is -0.770. The maximum Gasteiger partial charge on any atom is 0.149 e. The van der Waals surface area contributed by atoms with Crippen LogP contribution in [-0.2, 0) is 4.79 Å². The van der Waals surface area contributed by atoms with Crippen LogP contribution >= 0.6 is 15.9 Å². The molecule has 2 aliphatic heterocycles. The average molecular weight is 227 g/mol. The van der Waals surface area contributed by atoms with E-state index in [2.05, 4.69) is 25.9 Å². The number of aliphatic imine (C=N–C) groups is 2. The fraction of sp³-hybridized carbons (Fsp3) is 0.375. The molecule has 1 unspecified atom stereocenters. The topological polar surface area (TPSA) is 41.8 Å². The van der Waals surface area contributed by atoms with E-state index < -0.39 is 0 Å². The zero-order valence-electron chi connectivity index (χ0n) is 6.33. The van der Waals surface area contributed by atoms with Gasteiger partial charge in [-0.05, 0) is 15.9 Å². The van der Waals surface area contributed by atoms with Crippen LogP contribution in [0, 0.1) is 5.92 Å². The van der Waals surface area contributed by atoms with Crippen molar-refractivity contribution in [3.63, 3.8) is 0 Å². The maximum atomic E-state index is 11.4. The van der Waals surface area contributed by atoms with E-state index in [1.807, 2.05) is 6.08 Å². The molecular formula is C8H7BrN2O. The highest BCUT2D eigenvalue weighted by Crippen LogP contribution is 2.20. The molecule has 0 saturated heterocycles. The van der Waals surface area contributed by atoms with Gasteiger partial charge in [-0.1, -0.05) is 6.08 Å². The third-order valence-corrected chi connectivity index (χ3v) is 2.37. The Morgan fingerprint density at radius 1 is 1.58 bits per heavy atom. The number of halogens is 1. The number of amidine groups is 1. The van der Waals surface area contributed by atoms with Crippen LogP contribution in [0.4, 0.5) is 0 Å². The summed E-state index contributed by atoms with van der Waals surface area (Å²) in [4.78, 5) is 19.6. The van der Waals surface area contributed by atoms with Gasteiger partial charge < -0.3 is 0 Å². The first kappa shape index (κ1) is 7.86. The third-order valence-electron chi connectivity index (χ3n) is 1.90. The van der Waals surface area contributed by atoms with Crippen LogP contribution in [0.3, 0.4) is 0 Å². The van der Waals surface area contributed by atoms with Crippen LogP contribution in [0.1, 0.15) is 6.42 Å². The van der Waals surface area contributed by atoms with E-state index in [1.165, 1.54) is 0 Å². The summed E-state index contributed by atoms with van der Waals surface area (Å²) in [5.74, 6) is 0.682. The zero-order valence-corrected chi connectivity index (χ0v) is 7.91. The highest BCUT2D eigenvalue weighted by Gasteiger charge is 2.26. The number of hydrogen-bond donors (Lipinski definition) is 0. The smallest absolute Gasteiger partial charge is 0.149 e. The van der Waals surface area contributed by atoms with Crippen molar-refractivity contribution in [1.82, 2.24) is 0 Å². The molecule has 0 saturated carbocycles. The second kappa shape index (κ2) is 2.94. The number of rotatable bonds is 0. The predicted octanol–water partition coefficient (Wildman–Crippen LogP) is 1.34. The minimum absolute atomic E-state index is 0.196. The summed E-state index contributed by atoms with van der Waals surface area (Å²) in [6, 6.07) is 0. The molecule has 0 aromatic heterocycles. The van der Waals surface area contributed by atoms with Crippen molar-refractivity contribution in [2.45, 2.75) is 6.42 Å². The van der Waals surface area contributed by atoms with E-state index >= 15 is 0 Å². The predicted molar refractivity (Wildman–Crippen MR) is 50.9 cm³/mol. The van der Waals surface area contributed by atoms with Gasteiger partial charge in [-0.25, -0.2) is 4.99 Å². The molecule has 0 aromatic carbocycles. The molecule has 2 rings (SSSR count). The Morgan fingerprint density at radius 2 is 2.42 bits per heavy atom. The first-order valence-corrected chi connectivity index (χ1v) is 4.55. The molecule has 3 nitrogen and oxygen atoms in total. The Morgan fingerprint density at radius 3 is 3.25 bits per heavy atom. The first-order valence-electron chi connectivity index (χ1n) is 3.76. The molecule has 0 amide bonds. The number of carbonyl (C=O) groups excluding carboxylic acids is 1. The standard InChI is InChI=1S/C8H7BrN2O/c9-5-3-6-7(12)1-2-10-8(6)11-4-5/h3-4,6H,1-2H2. The SMILES string of the molecule is O=C1CCN=C2N=CC(Br)=CC12. The number of hydrogen-bond acceptors (Lipinski definition) is 3. The Bertz CT molecular complexity index is 317. The van der Waals surface area contributed by atoms with Crippen molar-refractivity contribution in [3.8, 4) is 0 Å². The molecule has 2 heterocycles. The number of allylic oxidation sites excluding steroid dienone is 1. The molecule has 0 N–H and O–H groups in total. The maximum absolute atomic E-state index is 11.4. The average Bonchev–Trinajstić information content (AvgIpc) is 2.07. The quantitative estimate of drug-likeness (QED) is 0.615. The summed E-state index contributed by atoms with van der Waals surface area (Å²) in [6.07, 6.45) is 4.07.